The van der Waals surface area contributed by atoms with E-state index in [4.69, 9.17) is 4.74 Å². The molecular weight excluding hydrogens is 361 g/mol. The number of carbonyl (C=O) groups is 1. The van der Waals surface area contributed by atoms with Gasteiger partial charge in [-0.3, -0.25) is 0 Å². The Kier molecular flexibility index (Phi) is 5.78. The zero-order valence-electron chi connectivity index (χ0n) is 14.4. The number of anilines is 1. The maximum absolute atomic E-state index is 12.8. The number of nitrogens with zero attached hydrogens (tertiary/aromatic N) is 3. The molecule has 1 saturated heterocycles. The number of alkyl halides is 3. The topological polar surface area (TPSA) is 67.4 Å². The average Bonchev–Trinajstić information content (AvgIpc) is 2.67. The van der Waals surface area contributed by atoms with E-state index in [2.05, 4.69) is 15.3 Å². The molecule has 1 aromatic carbocycles. The van der Waals surface area contributed by atoms with E-state index in [-0.39, 0.29) is 17.6 Å². The monoisotopic (exact) mass is 380 g/mol. The van der Waals surface area contributed by atoms with Crippen LogP contribution in [-0.4, -0.2) is 40.6 Å². The fraction of sp³-hybridized carbons (Fsp3) is 0.389. The molecule has 1 unspecified atom stereocenters. The first-order chi connectivity index (χ1) is 12.9. The maximum Gasteiger partial charge on any atom is 0.416 e. The second-order valence-corrected chi connectivity index (χ2v) is 6.31. The van der Waals surface area contributed by atoms with E-state index < -0.39 is 17.8 Å². The molecule has 0 spiro atoms. The Morgan fingerprint density at radius 3 is 2.78 bits per heavy atom. The van der Waals surface area contributed by atoms with Gasteiger partial charge in [-0.1, -0.05) is 6.07 Å². The minimum absolute atomic E-state index is 0.106. The number of aromatic nitrogens is 2. The highest BCUT2D eigenvalue weighted by Gasteiger charge is 2.31. The predicted molar refractivity (Wildman–Crippen MR) is 92.3 cm³/mol. The SMILES string of the molecule is O=C(Nc1cccc(C(F)(F)F)c1)N1CCCC(COc2ncccn2)C1. The van der Waals surface area contributed by atoms with E-state index in [1.165, 1.54) is 12.1 Å². The Morgan fingerprint density at radius 2 is 2.04 bits per heavy atom. The molecule has 3 rings (SSSR count). The second kappa shape index (κ2) is 8.24. The average molecular weight is 380 g/mol. The number of rotatable bonds is 4. The number of piperidine rings is 1. The summed E-state index contributed by atoms with van der Waals surface area (Å²) < 4.78 is 43.9. The molecule has 1 N–H and O–H groups in total. The van der Waals surface area contributed by atoms with Gasteiger partial charge >= 0.3 is 18.2 Å². The van der Waals surface area contributed by atoms with Crippen molar-refractivity contribution in [3.8, 4) is 6.01 Å². The zero-order valence-corrected chi connectivity index (χ0v) is 14.4. The van der Waals surface area contributed by atoms with Crippen molar-refractivity contribution < 1.29 is 22.7 Å². The molecule has 2 amide bonds. The summed E-state index contributed by atoms with van der Waals surface area (Å²) in [6.45, 7) is 1.37. The summed E-state index contributed by atoms with van der Waals surface area (Å²) >= 11 is 0. The lowest BCUT2D eigenvalue weighted by molar-refractivity contribution is -0.137. The number of halogens is 3. The van der Waals surface area contributed by atoms with Crippen LogP contribution in [0.5, 0.6) is 6.01 Å². The molecule has 1 aromatic heterocycles. The van der Waals surface area contributed by atoms with Crippen LogP contribution in [0.1, 0.15) is 18.4 Å². The quantitative estimate of drug-likeness (QED) is 0.876. The van der Waals surface area contributed by atoms with Crippen LogP contribution in [0.2, 0.25) is 0 Å². The van der Waals surface area contributed by atoms with E-state index in [1.54, 1.807) is 23.4 Å². The molecule has 2 aromatic rings. The maximum atomic E-state index is 12.8. The molecule has 144 valence electrons. The largest absolute Gasteiger partial charge is 0.463 e. The summed E-state index contributed by atoms with van der Waals surface area (Å²) in [6, 6.07) is 6.14. The number of ether oxygens (including phenoxy) is 1. The summed E-state index contributed by atoms with van der Waals surface area (Å²) in [5.74, 6) is 0.106. The first-order valence-corrected chi connectivity index (χ1v) is 8.55. The molecule has 6 nitrogen and oxygen atoms in total. The van der Waals surface area contributed by atoms with Crippen LogP contribution in [0.3, 0.4) is 0 Å². The third-order valence-corrected chi connectivity index (χ3v) is 4.24. The van der Waals surface area contributed by atoms with Crippen LogP contribution in [-0.2, 0) is 6.18 Å². The zero-order chi connectivity index (χ0) is 19.3. The van der Waals surface area contributed by atoms with E-state index in [0.717, 1.165) is 25.0 Å². The highest BCUT2D eigenvalue weighted by atomic mass is 19.4. The van der Waals surface area contributed by atoms with Gasteiger partial charge in [0.25, 0.3) is 0 Å². The second-order valence-electron chi connectivity index (χ2n) is 6.31. The fourth-order valence-corrected chi connectivity index (χ4v) is 2.91. The third-order valence-electron chi connectivity index (χ3n) is 4.24. The molecule has 1 fully saturated rings. The molecule has 1 atom stereocenters. The fourth-order valence-electron chi connectivity index (χ4n) is 2.91. The third kappa shape index (κ3) is 5.32. The Balaban J connectivity index is 1.55. The van der Waals surface area contributed by atoms with Gasteiger partial charge < -0.3 is 15.0 Å². The number of hydrogen-bond acceptors (Lipinski definition) is 4. The Morgan fingerprint density at radius 1 is 1.26 bits per heavy atom. The summed E-state index contributed by atoms with van der Waals surface area (Å²) in [5, 5.41) is 2.54. The molecule has 9 heteroatoms. The lowest BCUT2D eigenvalue weighted by Crippen LogP contribution is -2.43. The lowest BCUT2D eigenvalue weighted by atomic mass is 9.99. The van der Waals surface area contributed by atoms with E-state index in [1.807, 2.05) is 0 Å². The van der Waals surface area contributed by atoms with Gasteiger partial charge in [0.15, 0.2) is 0 Å². The van der Waals surface area contributed by atoms with Crippen LogP contribution in [0.25, 0.3) is 0 Å². The number of benzene rings is 1. The summed E-state index contributed by atoms with van der Waals surface area (Å²) in [4.78, 5) is 22.0. The molecule has 0 saturated carbocycles. The van der Waals surface area contributed by atoms with Crippen LogP contribution >= 0.6 is 0 Å². The summed E-state index contributed by atoms with van der Waals surface area (Å²) in [5.41, 5.74) is -0.682. The van der Waals surface area contributed by atoms with Crippen molar-refractivity contribution in [1.82, 2.24) is 14.9 Å². The number of amides is 2. The van der Waals surface area contributed by atoms with Crippen molar-refractivity contribution in [2.45, 2.75) is 19.0 Å². The van der Waals surface area contributed by atoms with Crippen molar-refractivity contribution in [2.24, 2.45) is 5.92 Å². The Bertz CT molecular complexity index is 771. The van der Waals surface area contributed by atoms with Gasteiger partial charge in [0, 0.05) is 37.1 Å². The number of nitrogens with one attached hydrogen (secondary N) is 1. The predicted octanol–water partition coefficient (Wildman–Crippen LogP) is 3.82. The highest BCUT2D eigenvalue weighted by Crippen LogP contribution is 2.30. The van der Waals surface area contributed by atoms with Crippen molar-refractivity contribution in [3.63, 3.8) is 0 Å². The molecule has 1 aliphatic heterocycles. The first-order valence-electron chi connectivity index (χ1n) is 8.55. The molecule has 1 aliphatic rings. The van der Waals surface area contributed by atoms with Crippen LogP contribution in [0.15, 0.2) is 42.7 Å². The van der Waals surface area contributed by atoms with Gasteiger partial charge in [0.05, 0.1) is 12.2 Å². The van der Waals surface area contributed by atoms with Crippen LogP contribution in [0, 0.1) is 5.92 Å². The Hall–Kier alpha value is -2.84. The normalized spacial score (nSPS) is 17.4. The highest BCUT2D eigenvalue weighted by molar-refractivity contribution is 5.89. The van der Waals surface area contributed by atoms with Gasteiger partial charge in [-0.15, -0.1) is 0 Å². The molecule has 0 bridgehead atoms. The summed E-state index contributed by atoms with van der Waals surface area (Å²) in [7, 11) is 0. The number of carbonyl (C=O) groups excluding carboxylic acids is 1. The van der Waals surface area contributed by atoms with Crippen molar-refractivity contribution in [2.75, 3.05) is 25.0 Å². The number of likely N-dealkylation sites (tertiary alicyclic amines) is 1. The standard InChI is InChI=1S/C18H19F3N4O2/c19-18(20,21)14-5-1-6-15(10-14)24-17(26)25-9-2-4-13(11-25)12-27-16-22-7-3-8-23-16/h1,3,5-8,10,13H,2,4,9,11-12H2,(H,24,26). The first kappa shape index (κ1) is 18.9. The summed E-state index contributed by atoms with van der Waals surface area (Å²) in [6.07, 6.45) is 0.393. The van der Waals surface area contributed by atoms with Gasteiger partial charge in [-0.2, -0.15) is 13.2 Å². The number of hydrogen-bond donors (Lipinski definition) is 1. The van der Waals surface area contributed by atoms with Gasteiger partial charge in [-0.05, 0) is 37.1 Å². The molecule has 2 heterocycles. The van der Waals surface area contributed by atoms with Crippen molar-refractivity contribution in [3.05, 3.63) is 48.3 Å². The van der Waals surface area contributed by atoms with E-state index >= 15 is 0 Å². The smallest absolute Gasteiger partial charge is 0.416 e. The minimum Gasteiger partial charge on any atom is -0.463 e. The number of urea groups is 1. The molecule has 0 radical (unpaired) electrons. The van der Waals surface area contributed by atoms with E-state index in [0.29, 0.717) is 19.7 Å². The van der Waals surface area contributed by atoms with Gasteiger partial charge in [0.1, 0.15) is 0 Å². The minimum atomic E-state index is -4.45. The molecule has 27 heavy (non-hydrogen) atoms. The van der Waals surface area contributed by atoms with E-state index in [9.17, 15) is 18.0 Å². The van der Waals surface area contributed by atoms with Crippen molar-refractivity contribution in [1.29, 1.82) is 0 Å². The van der Waals surface area contributed by atoms with Gasteiger partial charge in [0.2, 0.25) is 0 Å². The Labute approximate surface area is 154 Å². The molecule has 0 aliphatic carbocycles. The van der Waals surface area contributed by atoms with Gasteiger partial charge in [-0.25, -0.2) is 14.8 Å². The molecular formula is C18H19F3N4O2. The van der Waals surface area contributed by atoms with Crippen LogP contribution in [0.4, 0.5) is 23.7 Å². The van der Waals surface area contributed by atoms with Crippen LogP contribution < -0.4 is 10.1 Å². The van der Waals surface area contributed by atoms with Crippen molar-refractivity contribution >= 4 is 11.7 Å². The lowest BCUT2D eigenvalue weighted by Gasteiger charge is -2.32.